The second-order valence-electron chi connectivity index (χ2n) is 7.93. The van der Waals surface area contributed by atoms with E-state index in [1.807, 2.05) is 39.8 Å². The normalized spacial score (nSPS) is 10.9. The molecule has 0 unspecified atom stereocenters. The third-order valence-corrected chi connectivity index (χ3v) is 5.18. The molecule has 4 nitrogen and oxygen atoms in total. The maximum atomic E-state index is 14.5. The molecule has 1 heterocycles. The van der Waals surface area contributed by atoms with Crippen LogP contribution in [0.15, 0.2) is 56.8 Å². The van der Waals surface area contributed by atoms with Crippen LogP contribution in [-0.2, 0) is 12.8 Å². The van der Waals surface area contributed by atoms with Gasteiger partial charge in [0, 0.05) is 22.2 Å². The van der Waals surface area contributed by atoms with Crippen LogP contribution in [-0.4, -0.2) is 10.2 Å². The number of hydrogen-bond donors (Lipinski definition) is 2. The summed E-state index contributed by atoms with van der Waals surface area (Å²) in [6.07, 6.45) is 4.27. The summed E-state index contributed by atoms with van der Waals surface area (Å²) in [5.74, 6) is -1.13. The standard InChI is InChI=1S/C25H24ClFO4/c1-13(2)5-8-17-23(29)18(9-6-14(3)4)25-22(24(17)30)20(28)12-21(31-25)16-10-7-15(26)11-19(16)27/h5-7,10-12,29-30H,8-9H2,1-4H3. The number of halogens is 2. The molecule has 0 spiro atoms. The van der Waals surface area contributed by atoms with E-state index in [9.17, 15) is 19.4 Å². The fraction of sp³-hybridized carbons (Fsp3) is 0.240. The van der Waals surface area contributed by atoms with Crippen LogP contribution in [0.2, 0.25) is 5.02 Å². The van der Waals surface area contributed by atoms with Crippen molar-refractivity contribution in [3.8, 4) is 22.8 Å². The Morgan fingerprint density at radius 3 is 2.19 bits per heavy atom. The van der Waals surface area contributed by atoms with Crippen LogP contribution in [0.3, 0.4) is 0 Å². The lowest BCUT2D eigenvalue weighted by Crippen LogP contribution is -2.05. The van der Waals surface area contributed by atoms with Gasteiger partial charge in [0.2, 0.25) is 0 Å². The molecule has 0 saturated heterocycles. The van der Waals surface area contributed by atoms with E-state index in [1.54, 1.807) is 0 Å². The van der Waals surface area contributed by atoms with E-state index in [0.717, 1.165) is 23.3 Å². The Morgan fingerprint density at radius 1 is 1.00 bits per heavy atom. The Morgan fingerprint density at radius 2 is 1.61 bits per heavy atom. The van der Waals surface area contributed by atoms with E-state index < -0.39 is 11.2 Å². The molecule has 0 aliphatic carbocycles. The van der Waals surface area contributed by atoms with E-state index in [-0.39, 0.29) is 57.2 Å². The average molecular weight is 443 g/mol. The van der Waals surface area contributed by atoms with Crippen molar-refractivity contribution in [3.05, 3.63) is 79.8 Å². The average Bonchev–Trinajstić information content (AvgIpc) is 2.66. The molecule has 0 saturated carbocycles. The van der Waals surface area contributed by atoms with E-state index in [0.29, 0.717) is 5.56 Å². The predicted molar refractivity (Wildman–Crippen MR) is 122 cm³/mol. The number of benzene rings is 2. The molecular weight excluding hydrogens is 419 g/mol. The van der Waals surface area contributed by atoms with Crippen LogP contribution < -0.4 is 5.43 Å². The zero-order valence-corrected chi connectivity index (χ0v) is 18.6. The first-order valence-electron chi connectivity index (χ1n) is 9.85. The lowest BCUT2D eigenvalue weighted by atomic mass is 9.96. The van der Waals surface area contributed by atoms with Crippen molar-refractivity contribution in [2.24, 2.45) is 0 Å². The quantitative estimate of drug-likeness (QED) is 0.432. The van der Waals surface area contributed by atoms with Gasteiger partial charge in [-0.3, -0.25) is 4.79 Å². The van der Waals surface area contributed by atoms with Gasteiger partial charge in [-0.1, -0.05) is 34.9 Å². The highest BCUT2D eigenvalue weighted by atomic mass is 35.5. The summed E-state index contributed by atoms with van der Waals surface area (Å²) in [5, 5.41) is 22.0. The summed E-state index contributed by atoms with van der Waals surface area (Å²) in [4.78, 5) is 13.0. The number of phenolic OH excluding ortho intramolecular Hbond substituents is 2. The minimum Gasteiger partial charge on any atom is -0.507 e. The van der Waals surface area contributed by atoms with Crippen molar-refractivity contribution in [3.63, 3.8) is 0 Å². The molecule has 0 aliphatic rings. The molecule has 0 fully saturated rings. The Kier molecular flexibility index (Phi) is 6.56. The van der Waals surface area contributed by atoms with Gasteiger partial charge >= 0.3 is 0 Å². The SMILES string of the molecule is CC(C)=CCc1c(O)c(CC=C(C)C)c2oc(-c3ccc(Cl)cc3F)cc(=O)c2c1O. The lowest BCUT2D eigenvalue weighted by molar-refractivity contribution is 0.438. The van der Waals surface area contributed by atoms with Crippen LogP contribution in [0.1, 0.15) is 38.8 Å². The molecule has 6 heteroatoms. The van der Waals surface area contributed by atoms with Gasteiger partial charge in [0.1, 0.15) is 34.0 Å². The van der Waals surface area contributed by atoms with Gasteiger partial charge in [-0.2, -0.15) is 0 Å². The first kappa shape index (κ1) is 22.6. The topological polar surface area (TPSA) is 70.7 Å². The third-order valence-electron chi connectivity index (χ3n) is 4.94. The molecule has 2 N–H and O–H groups in total. The Bertz CT molecular complexity index is 1280. The van der Waals surface area contributed by atoms with Crippen LogP contribution >= 0.6 is 11.6 Å². The van der Waals surface area contributed by atoms with E-state index in [2.05, 4.69) is 0 Å². The molecular formula is C25H24ClFO4. The Hall–Kier alpha value is -3.05. The largest absolute Gasteiger partial charge is 0.507 e. The lowest BCUT2D eigenvalue weighted by Gasteiger charge is -2.15. The van der Waals surface area contributed by atoms with Gasteiger partial charge in [-0.15, -0.1) is 0 Å². The molecule has 1 aromatic heterocycles. The van der Waals surface area contributed by atoms with Crippen LogP contribution in [0, 0.1) is 5.82 Å². The predicted octanol–water partition coefficient (Wildman–Crippen LogP) is 6.68. The zero-order chi connectivity index (χ0) is 22.9. The molecule has 0 aliphatic heterocycles. The van der Waals surface area contributed by atoms with Crippen LogP contribution in [0.5, 0.6) is 11.5 Å². The molecule has 0 bridgehead atoms. The number of rotatable bonds is 5. The van der Waals surface area contributed by atoms with Crippen LogP contribution in [0.25, 0.3) is 22.3 Å². The summed E-state index contributed by atoms with van der Waals surface area (Å²) in [5.41, 5.74) is 2.19. The maximum Gasteiger partial charge on any atom is 0.197 e. The highest BCUT2D eigenvalue weighted by Crippen LogP contribution is 2.41. The molecule has 0 radical (unpaired) electrons. The summed E-state index contributed by atoms with van der Waals surface area (Å²) in [6.45, 7) is 7.63. The van der Waals surface area contributed by atoms with Gasteiger partial charge in [-0.25, -0.2) is 4.39 Å². The molecule has 2 aromatic carbocycles. The summed E-state index contributed by atoms with van der Waals surface area (Å²) in [6, 6.07) is 5.18. The van der Waals surface area contributed by atoms with Crippen LogP contribution in [0.4, 0.5) is 4.39 Å². The van der Waals surface area contributed by atoms with Gasteiger partial charge in [0.15, 0.2) is 5.43 Å². The van der Waals surface area contributed by atoms with E-state index in [1.165, 1.54) is 12.1 Å². The van der Waals surface area contributed by atoms with Crippen molar-refractivity contribution in [1.82, 2.24) is 0 Å². The molecule has 31 heavy (non-hydrogen) atoms. The van der Waals surface area contributed by atoms with Crippen molar-refractivity contribution < 1.29 is 19.0 Å². The number of fused-ring (bicyclic) bond motifs is 1. The second-order valence-corrected chi connectivity index (χ2v) is 8.37. The fourth-order valence-electron chi connectivity index (χ4n) is 3.30. The summed E-state index contributed by atoms with van der Waals surface area (Å²) < 4.78 is 20.4. The van der Waals surface area contributed by atoms with E-state index >= 15 is 0 Å². The second kappa shape index (κ2) is 8.98. The summed E-state index contributed by atoms with van der Waals surface area (Å²) in [7, 11) is 0. The fourth-order valence-corrected chi connectivity index (χ4v) is 3.46. The number of aromatic hydroxyl groups is 2. The zero-order valence-electron chi connectivity index (χ0n) is 17.8. The van der Waals surface area contributed by atoms with Gasteiger partial charge in [-0.05, 0) is 58.7 Å². The molecule has 0 amide bonds. The summed E-state index contributed by atoms with van der Waals surface area (Å²) >= 11 is 5.83. The highest BCUT2D eigenvalue weighted by molar-refractivity contribution is 6.30. The Labute approximate surface area is 184 Å². The Balaban J connectivity index is 2.38. The smallest absolute Gasteiger partial charge is 0.197 e. The first-order chi connectivity index (χ1) is 14.6. The van der Waals surface area contributed by atoms with E-state index in [4.69, 9.17) is 16.0 Å². The van der Waals surface area contributed by atoms with Gasteiger partial charge < -0.3 is 14.6 Å². The minimum atomic E-state index is -0.644. The molecule has 0 atom stereocenters. The highest BCUT2D eigenvalue weighted by Gasteiger charge is 2.23. The minimum absolute atomic E-state index is 0.0130. The third kappa shape index (κ3) is 4.67. The monoisotopic (exact) mass is 442 g/mol. The van der Waals surface area contributed by atoms with Crippen molar-refractivity contribution in [2.45, 2.75) is 40.5 Å². The molecule has 3 aromatic rings. The maximum absolute atomic E-state index is 14.5. The van der Waals surface area contributed by atoms with Gasteiger partial charge in [0.25, 0.3) is 0 Å². The molecule has 162 valence electrons. The van der Waals surface area contributed by atoms with Crippen molar-refractivity contribution in [2.75, 3.05) is 0 Å². The first-order valence-corrected chi connectivity index (χ1v) is 10.2. The number of hydrogen-bond acceptors (Lipinski definition) is 4. The number of allylic oxidation sites excluding steroid dienone is 4. The van der Waals surface area contributed by atoms with Crippen molar-refractivity contribution >= 4 is 22.6 Å². The number of phenols is 2. The molecule has 3 rings (SSSR count). The van der Waals surface area contributed by atoms with Gasteiger partial charge in [0.05, 0.1) is 5.56 Å². The van der Waals surface area contributed by atoms with Crippen molar-refractivity contribution in [1.29, 1.82) is 0 Å².